The molecular formula is C14H7BrF2N4O2. The number of H-pyrrole nitrogens is 1. The van der Waals surface area contributed by atoms with E-state index in [0.717, 1.165) is 0 Å². The molecule has 6 nitrogen and oxygen atoms in total. The number of nitriles is 2. The number of anilines is 1. The first-order chi connectivity index (χ1) is 10.9. The van der Waals surface area contributed by atoms with Crippen molar-refractivity contribution >= 4 is 21.7 Å². The standard InChI is InChI=1S/C14H7BrF2N4O2/c15-8-2-1-3-9(23-14(16)17)11(8)10-6(4-18)12(20)21-13(22)7(10)5-19/h1-3,14H,(H3,20,21,22). The van der Waals surface area contributed by atoms with Crippen LogP contribution in [0.15, 0.2) is 27.5 Å². The van der Waals surface area contributed by atoms with Crippen LogP contribution >= 0.6 is 15.9 Å². The fourth-order valence-electron chi connectivity index (χ4n) is 2.03. The van der Waals surface area contributed by atoms with Crippen LogP contribution in [-0.4, -0.2) is 11.6 Å². The van der Waals surface area contributed by atoms with Crippen LogP contribution in [-0.2, 0) is 0 Å². The number of hydrogen-bond acceptors (Lipinski definition) is 5. The van der Waals surface area contributed by atoms with E-state index in [2.05, 4.69) is 25.7 Å². The first-order valence-corrected chi connectivity index (χ1v) is 6.79. The maximum Gasteiger partial charge on any atom is 0.387 e. The fourth-order valence-corrected chi connectivity index (χ4v) is 2.58. The SMILES string of the molecule is N#Cc1c(N)[nH]c(=O)c(C#N)c1-c1c(Br)cccc1OC(F)F. The average Bonchev–Trinajstić information content (AvgIpc) is 2.46. The van der Waals surface area contributed by atoms with Crippen LogP contribution in [0.4, 0.5) is 14.6 Å². The summed E-state index contributed by atoms with van der Waals surface area (Å²) in [7, 11) is 0. The van der Waals surface area contributed by atoms with E-state index >= 15 is 0 Å². The maximum absolute atomic E-state index is 12.6. The van der Waals surface area contributed by atoms with E-state index in [9.17, 15) is 24.1 Å². The Morgan fingerprint density at radius 3 is 2.43 bits per heavy atom. The Hall–Kier alpha value is -2.91. The summed E-state index contributed by atoms with van der Waals surface area (Å²) >= 11 is 3.15. The molecule has 116 valence electrons. The van der Waals surface area contributed by atoms with Crippen molar-refractivity contribution in [3.63, 3.8) is 0 Å². The molecule has 3 N–H and O–H groups in total. The number of aromatic amines is 1. The van der Waals surface area contributed by atoms with Crippen LogP contribution in [0.25, 0.3) is 11.1 Å². The van der Waals surface area contributed by atoms with Gasteiger partial charge in [-0.1, -0.05) is 22.0 Å². The minimum Gasteiger partial charge on any atom is -0.434 e. The lowest BCUT2D eigenvalue weighted by molar-refractivity contribution is -0.0494. The lowest BCUT2D eigenvalue weighted by Crippen LogP contribution is -2.17. The molecular weight excluding hydrogens is 374 g/mol. The van der Waals surface area contributed by atoms with Crippen LogP contribution in [0.3, 0.4) is 0 Å². The summed E-state index contributed by atoms with van der Waals surface area (Å²) in [4.78, 5) is 14.1. The summed E-state index contributed by atoms with van der Waals surface area (Å²) in [6, 6.07) is 7.57. The predicted molar refractivity (Wildman–Crippen MR) is 80.7 cm³/mol. The smallest absolute Gasteiger partial charge is 0.387 e. The topological polar surface area (TPSA) is 116 Å². The number of ether oxygens (including phenoxy) is 1. The number of nitrogens with zero attached hydrogens (tertiary/aromatic N) is 2. The number of aromatic nitrogens is 1. The number of hydrogen-bond donors (Lipinski definition) is 2. The van der Waals surface area contributed by atoms with Gasteiger partial charge >= 0.3 is 6.61 Å². The van der Waals surface area contributed by atoms with Crippen LogP contribution in [0, 0.1) is 22.7 Å². The van der Waals surface area contributed by atoms with Gasteiger partial charge in [0.05, 0.1) is 0 Å². The Balaban J connectivity index is 2.96. The molecule has 9 heteroatoms. The van der Waals surface area contributed by atoms with Crippen molar-refractivity contribution in [1.82, 2.24) is 4.98 Å². The highest BCUT2D eigenvalue weighted by Crippen LogP contribution is 2.40. The number of benzene rings is 1. The summed E-state index contributed by atoms with van der Waals surface area (Å²) < 4.78 is 29.9. The van der Waals surface area contributed by atoms with Gasteiger partial charge in [0, 0.05) is 15.6 Å². The second-order valence-electron chi connectivity index (χ2n) is 4.21. The quantitative estimate of drug-likeness (QED) is 0.848. The van der Waals surface area contributed by atoms with E-state index in [4.69, 9.17) is 5.73 Å². The van der Waals surface area contributed by atoms with Crippen molar-refractivity contribution in [3.05, 3.63) is 44.2 Å². The molecule has 0 fully saturated rings. The van der Waals surface area contributed by atoms with Crippen LogP contribution in [0.2, 0.25) is 0 Å². The molecule has 2 rings (SSSR count). The molecule has 1 aromatic heterocycles. The normalized spacial score (nSPS) is 10.2. The second-order valence-corrected chi connectivity index (χ2v) is 5.06. The highest BCUT2D eigenvalue weighted by molar-refractivity contribution is 9.10. The van der Waals surface area contributed by atoms with E-state index < -0.39 is 17.7 Å². The van der Waals surface area contributed by atoms with Gasteiger partial charge in [0.1, 0.15) is 34.8 Å². The number of nitrogen functional groups attached to an aromatic ring is 1. The molecule has 0 spiro atoms. The van der Waals surface area contributed by atoms with Crippen molar-refractivity contribution in [2.75, 3.05) is 5.73 Å². The molecule has 23 heavy (non-hydrogen) atoms. The lowest BCUT2D eigenvalue weighted by atomic mass is 9.96. The first-order valence-electron chi connectivity index (χ1n) is 6.00. The zero-order valence-electron chi connectivity index (χ0n) is 11.2. The molecule has 0 aliphatic rings. The molecule has 0 amide bonds. The van der Waals surface area contributed by atoms with Gasteiger partial charge < -0.3 is 15.5 Å². The lowest BCUT2D eigenvalue weighted by Gasteiger charge is -2.15. The monoisotopic (exact) mass is 380 g/mol. The summed E-state index contributed by atoms with van der Waals surface area (Å²) in [6.45, 7) is -3.13. The zero-order chi connectivity index (χ0) is 17.1. The Kier molecular flexibility index (Phi) is 4.63. The van der Waals surface area contributed by atoms with E-state index in [1.165, 1.54) is 18.2 Å². The molecule has 0 unspecified atom stereocenters. The summed E-state index contributed by atoms with van der Waals surface area (Å²) in [5.74, 6) is -0.572. The summed E-state index contributed by atoms with van der Waals surface area (Å²) in [5, 5.41) is 18.5. The van der Waals surface area contributed by atoms with Gasteiger partial charge in [-0.25, -0.2) is 0 Å². The molecule has 0 saturated carbocycles. The van der Waals surface area contributed by atoms with E-state index in [1.54, 1.807) is 12.1 Å². The Labute approximate surface area is 136 Å². The maximum atomic E-state index is 12.6. The molecule has 0 radical (unpaired) electrons. The van der Waals surface area contributed by atoms with Gasteiger partial charge in [0.15, 0.2) is 0 Å². The van der Waals surface area contributed by atoms with Crippen LogP contribution in [0.1, 0.15) is 11.1 Å². The van der Waals surface area contributed by atoms with Gasteiger partial charge in [0.2, 0.25) is 0 Å². The zero-order valence-corrected chi connectivity index (χ0v) is 12.8. The number of rotatable bonds is 3. The minimum absolute atomic E-state index is 0.0290. The minimum atomic E-state index is -3.13. The number of halogens is 3. The molecule has 0 bridgehead atoms. The predicted octanol–water partition coefficient (Wildman–Crippen LogP) is 2.73. The average molecular weight is 381 g/mol. The molecule has 0 saturated heterocycles. The van der Waals surface area contributed by atoms with E-state index in [1.807, 2.05) is 0 Å². The number of nitrogens with one attached hydrogen (secondary N) is 1. The number of pyridine rings is 1. The highest BCUT2D eigenvalue weighted by atomic mass is 79.9. The molecule has 0 aliphatic heterocycles. The third-order valence-electron chi connectivity index (χ3n) is 2.91. The van der Waals surface area contributed by atoms with Gasteiger partial charge in [0.25, 0.3) is 5.56 Å². The summed E-state index contributed by atoms with van der Waals surface area (Å²) in [5.41, 5.74) is 3.93. The largest absolute Gasteiger partial charge is 0.434 e. The van der Waals surface area contributed by atoms with Gasteiger partial charge in [-0.05, 0) is 12.1 Å². The number of nitrogens with two attached hydrogens (primary N) is 1. The molecule has 1 heterocycles. The number of alkyl halides is 2. The van der Waals surface area contributed by atoms with Crippen molar-refractivity contribution < 1.29 is 13.5 Å². The second kappa shape index (κ2) is 6.46. The molecule has 1 aromatic carbocycles. The van der Waals surface area contributed by atoms with Crippen molar-refractivity contribution in [2.45, 2.75) is 6.61 Å². The summed E-state index contributed by atoms with van der Waals surface area (Å²) in [6.07, 6.45) is 0. The first kappa shape index (κ1) is 16.5. The van der Waals surface area contributed by atoms with Crippen molar-refractivity contribution in [1.29, 1.82) is 10.5 Å². The van der Waals surface area contributed by atoms with Crippen LogP contribution < -0.4 is 16.0 Å². The highest BCUT2D eigenvalue weighted by Gasteiger charge is 2.24. The Bertz CT molecular complexity index is 913. The van der Waals surface area contributed by atoms with Crippen LogP contribution in [0.5, 0.6) is 5.75 Å². The van der Waals surface area contributed by atoms with Gasteiger partial charge in [-0.2, -0.15) is 19.3 Å². The van der Waals surface area contributed by atoms with Gasteiger partial charge in [-0.15, -0.1) is 0 Å². The van der Waals surface area contributed by atoms with Gasteiger partial charge in [-0.3, -0.25) is 4.79 Å². The van der Waals surface area contributed by atoms with Crippen molar-refractivity contribution in [3.8, 4) is 29.0 Å². The third-order valence-corrected chi connectivity index (χ3v) is 3.57. The molecule has 2 aromatic rings. The van der Waals surface area contributed by atoms with E-state index in [-0.39, 0.29) is 32.7 Å². The van der Waals surface area contributed by atoms with Crippen molar-refractivity contribution in [2.24, 2.45) is 0 Å². The Morgan fingerprint density at radius 2 is 1.87 bits per heavy atom. The fraction of sp³-hybridized carbons (Fsp3) is 0.0714. The molecule has 0 aliphatic carbocycles. The Morgan fingerprint density at radius 1 is 1.22 bits per heavy atom. The molecule has 0 atom stereocenters. The van der Waals surface area contributed by atoms with E-state index in [0.29, 0.717) is 0 Å². The third kappa shape index (κ3) is 3.00.